The Bertz CT molecular complexity index is 578. The lowest BCUT2D eigenvalue weighted by Crippen LogP contribution is -2.48. The topological polar surface area (TPSA) is 124 Å². The van der Waals surface area contributed by atoms with E-state index in [0.717, 1.165) is 0 Å². The van der Waals surface area contributed by atoms with E-state index in [9.17, 15) is 30.0 Å². The van der Waals surface area contributed by atoms with Gasteiger partial charge in [-0.25, -0.2) is 0 Å². The van der Waals surface area contributed by atoms with Gasteiger partial charge in [0.2, 0.25) is 0 Å². The van der Waals surface area contributed by atoms with E-state index in [-0.39, 0.29) is 17.6 Å². The summed E-state index contributed by atoms with van der Waals surface area (Å²) in [5.74, 6) is -4.70. The summed E-state index contributed by atoms with van der Waals surface area (Å²) in [5, 5.41) is 42.4. The molecule has 4 N–H and O–H groups in total. The Morgan fingerprint density at radius 2 is 1.33 bits per heavy atom. The van der Waals surface area contributed by atoms with E-state index in [2.05, 4.69) is 0 Å². The molecular formula is C23H42O7. The molecule has 1 aliphatic heterocycles. The second kappa shape index (κ2) is 11.0. The zero-order valence-electron chi connectivity index (χ0n) is 19.6. The van der Waals surface area contributed by atoms with Crippen LogP contribution >= 0.6 is 0 Å². The molecule has 30 heavy (non-hydrogen) atoms. The first-order chi connectivity index (χ1) is 13.7. The van der Waals surface area contributed by atoms with Gasteiger partial charge in [0.15, 0.2) is 0 Å². The van der Waals surface area contributed by atoms with Crippen molar-refractivity contribution in [2.24, 2.45) is 41.4 Å². The van der Waals surface area contributed by atoms with Crippen molar-refractivity contribution in [2.75, 3.05) is 0 Å². The minimum absolute atomic E-state index is 0.123. The lowest BCUT2D eigenvalue weighted by atomic mass is 9.76. The molecule has 7 heteroatoms. The van der Waals surface area contributed by atoms with Crippen molar-refractivity contribution in [2.45, 2.75) is 92.3 Å². The third-order valence-corrected chi connectivity index (χ3v) is 7.30. The molecule has 0 aromatic carbocycles. The molecule has 1 rings (SSSR count). The van der Waals surface area contributed by atoms with Crippen molar-refractivity contribution in [3.05, 3.63) is 0 Å². The van der Waals surface area contributed by atoms with Crippen LogP contribution < -0.4 is 0 Å². The lowest BCUT2D eigenvalue weighted by Gasteiger charge is -2.38. The number of ether oxygens (including phenoxy) is 1. The molecule has 12 atom stereocenters. The molecule has 1 fully saturated rings. The van der Waals surface area contributed by atoms with Gasteiger partial charge in [-0.1, -0.05) is 41.5 Å². The number of cyclic esters (lactones) is 1. The molecule has 176 valence electrons. The first-order valence-corrected chi connectivity index (χ1v) is 11.2. The molecule has 1 heterocycles. The minimum Gasteiger partial charge on any atom is -0.461 e. The Balaban J connectivity index is 3.37. The number of hydrogen-bond acceptors (Lipinski definition) is 7. The molecule has 7 nitrogen and oxygen atoms in total. The van der Waals surface area contributed by atoms with Crippen LogP contribution in [0.15, 0.2) is 0 Å². The third kappa shape index (κ3) is 6.02. The highest BCUT2D eigenvalue weighted by molar-refractivity contribution is 5.83. The number of carbonyl (C=O) groups excluding carboxylic acids is 2. The van der Waals surface area contributed by atoms with Gasteiger partial charge < -0.3 is 25.2 Å². The van der Waals surface area contributed by atoms with E-state index < -0.39 is 66.1 Å². The van der Waals surface area contributed by atoms with Crippen molar-refractivity contribution in [3.63, 3.8) is 0 Å². The first kappa shape index (κ1) is 27.0. The number of Topliss-reactive ketones (excluding diaryl/α,β-unsaturated/α-hetero) is 1. The fourth-order valence-electron chi connectivity index (χ4n) is 4.60. The Kier molecular flexibility index (Phi) is 9.93. The summed E-state index contributed by atoms with van der Waals surface area (Å²) in [7, 11) is 0. The van der Waals surface area contributed by atoms with Gasteiger partial charge in [0.05, 0.1) is 30.3 Å². The van der Waals surface area contributed by atoms with Crippen LogP contribution in [0, 0.1) is 41.4 Å². The maximum absolute atomic E-state index is 12.9. The standard InChI is InChI=1S/C23H42O7/c1-10-9-11(2)19(26)14(5)21(28)16(7)23(29)30-22(12(3)17(8)24)15(6)20(27)13(4)18(10)25/h10-17,19-22,24,26-28H,9H2,1-8H3/t10-,11+,12?,13-,14+,15-,16-,17?,19+,20+,21-,22+/m1/s1. The zero-order chi connectivity index (χ0) is 23.5. The highest BCUT2D eigenvalue weighted by Crippen LogP contribution is 2.32. The summed E-state index contributed by atoms with van der Waals surface area (Å²) >= 11 is 0. The molecule has 2 unspecified atom stereocenters. The van der Waals surface area contributed by atoms with E-state index in [4.69, 9.17) is 4.74 Å². The van der Waals surface area contributed by atoms with Crippen molar-refractivity contribution < 1.29 is 34.8 Å². The van der Waals surface area contributed by atoms with Crippen LogP contribution in [0.1, 0.15) is 61.8 Å². The van der Waals surface area contributed by atoms with Crippen molar-refractivity contribution in [1.82, 2.24) is 0 Å². The number of esters is 1. The molecule has 0 spiro atoms. The molecule has 0 aromatic rings. The molecule has 0 aliphatic carbocycles. The monoisotopic (exact) mass is 430 g/mol. The zero-order valence-corrected chi connectivity index (χ0v) is 19.6. The number of aliphatic hydroxyl groups is 4. The second-order valence-corrected chi connectivity index (χ2v) is 9.78. The quantitative estimate of drug-likeness (QED) is 0.492. The number of rotatable bonds is 2. The fraction of sp³-hybridized carbons (Fsp3) is 0.913. The van der Waals surface area contributed by atoms with Crippen LogP contribution in [0.3, 0.4) is 0 Å². The van der Waals surface area contributed by atoms with Crippen LogP contribution in [-0.4, -0.2) is 62.7 Å². The highest BCUT2D eigenvalue weighted by atomic mass is 16.5. The normalized spacial score (nSPS) is 44.7. The Hall–Kier alpha value is -1.02. The smallest absolute Gasteiger partial charge is 0.311 e. The van der Waals surface area contributed by atoms with E-state index in [1.165, 1.54) is 0 Å². The van der Waals surface area contributed by atoms with Crippen LogP contribution in [0.4, 0.5) is 0 Å². The maximum Gasteiger partial charge on any atom is 0.311 e. The third-order valence-electron chi connectivity index (χ3n) is 7.30. The number of hydrogen-bond donors (Lipinski definition) is 4. The molecule has 0 bridgehead atoms. The van der Waals surface area contributed by atoms with Crippen molar-refractivity contribution >= 4 is 11.8 Å². The second-order valence-electron chi connectivity index (χ2n) is 9.78. The van der Waals surface area contributed by atoms with Gasteiger partial charge in [-0.2, -0.15) is 0 Å². The molecule has 0 radical (unpaired) electrons. The number of carbonyl (C=O) groups is 2. The predicted octanol–water partition coefficient (Wildman–Crippen LogP) is 1.79. The average Bonchev–Trinajstić information content (AvgIpc) is 2.71. The van der Waals surface area contributed by atoms with Crippen LogP contribution in [0.5, 0.6) is 0 Å². The van der Waals surface area contributed by atoms with Gasteiger partial charge in [-0.15, -0.1) is 0 Å². The lowest BCUT2D eigenvalue weighted by molar-refractivity contribution is -0.172. The van der Waals surface area contributed by atoms with Crippen LogP contribution in [0.2, 0.25) is 0 Å². The van der Waals surface area contributed by atoms with Crippen LogP contribution in [0.25, 0.3) is 0 Å². The number of ketones is 1. The summed E-state index contributed by atoms with van der Waals surface area (Å²) in [6.45, 7) is 13.5. The van der Waals surface area contributed by atoms with Gasteiger partial charge in [0.1, 0.15) is 11.9 Å². The maximum atomic E-state index is 12.9. The Morgan fingerprint density at radius 1 is 0.833 bits per heavy atom. The van der Waals surface area contributed by atoms with Gasteiger partial charge in [-0.05, 0) is 26.2 Å². The summed E-state index contributed by atoms with van der Waals surface area (Å²) in [6, 6.07) is 0. The molecule has 1 aliphatic rings. The number of aliphatic hydroxyl groups excluding tert-OH is 4. The van der Waals surface area contributed by atoms with Gasteiger partial charge in [0.25, 0.3) is 0 Å². The van der Waals surface area contributed by atoms with Gasteiger partial charge in [-0.3, -0.25) is 9.59 Å². The van der Waals surface area contributed by atoms with E-state index in [1.54, 1.807) is 48.5 Å². The molecule has 0 amide bonds. The SMILES string of the molecule is CC(O)C(C)[C@@H]1OC(=O)[C@H](C)[C@H](O)[C@@H](C)[C@@H](O)[C@@H](C)C[C@@H](C)C(=O)[C@@H](C)[C@H](O)[C@H]1C. The summed E-state index contributed by atoms with van der Waals surface area (Å²) < 4.78 is 5.69. The fourth-order valence-corrected chi connectivity index (χ4v) is 4.60. The van der Waals surface area contributed by atoms with E-state index >= 15 is 0 Å². The first-order valence-electron chi connectivity index (χ1n) is 11.2. The van der Waals surface area contributed by atoms with Crippen molar-refractivity contribution in [1.29, 1.82) is 0 Å². The average molecular weight is 431 g/mol. The molecular weight excluding hydrogens is 388 g/mol. The molecule has 0 saturated carbocycles. The molecule has 1 saturated heterocycles. The summed E-state index contributed by atoms with van der Waals surface area (Å²) in [6.07, 6.45) is -4.33. The minimum atomic E-state index is -1.13. The Morgan fingerprint density at radius 3 is 1.83 bits per heavy atom. The molecule has 0 aromatic heterocycles. The highest BCUT2D eigenvalue weighted by Gasteiger charge is 2.42. The van der Waals surface area contributed by atoms with Gasteiger partial charge >= 0.3 is 5.97 Å². The largest absolute Gasteiger partial charge is 0.461 e. The summed E-state index contributed by atoms with van der Waals surface area (Å²) in [4.78, 5) is 25.8. The van der Waals surface area contributed by atoms with Crippen LogP contribution in [-0.2, 0) is 14.3 Å². The summed E-state index contributed by atoms with van der Waals surface area (Å²) in [5.41, 5.74) is 0. The predicted molar refractivity (Wildman–Crippen MR) is 113 cm³/mol. The van der Waals surface area contributed by atoms with E-state index in [0.29, 0.717) is 6.42 Å². The van der Waals surface area contributed by atoms with E-state index in [1.807, 2.05) is 6.92 Å². The van der Waals surface area contributed by atoms with Gasteiger partial charge in [0, 0.05) is 29.6 Å². The van der Waals surface area contributed by atoms with Crippen molar-refractivity contribution in [3.8, 4) is 0 Å². The Labute approximate surface area is 180 Å².